The van der Waals surface area contributed by atoms with Gasteiger partial charge >= 0.3 is 0 Å². The molecule has 0 radical (unpaired) electrons. The van der Waals surface area contributed by atoms with E-state index in [1.54, 1.807) is 0 Å². The average Bonchev–Trinajstić information content (AvgIpc) is 2.66. The zero-order chi connectivity index (χ0) is 18.6. The number of Topliss-reactive ketones (excluding diaryl/α,β-unsaturated/α-hetero) is 1. The van der Waals surface area contributed by atoms with Crippen LogP contribution < -0.4 is 0 Å². The van der Waals surface area contributed by atoms with Crippen LogP contribution in [0.5, 0.6) is 0 Å². The van der Waals surface area contributed by atoms with Crippen LogP contribution in [-0.4, -0.2) is 5.78 Å². The Labute approximate surface area is 155 Å². The SMILES string of the molecule is CC(C)(C)c1ccc(-c2ccccc2C(=O)C#Cc2ccccc2)cc1. The van der Waals surface area contributed by atoms with Crippen LogP contribution in [0.1, 0.15) is 42.3 Å². The number of ketones is 1. The Morgan fingerprint density at radius 2 is 1.38 bits per heavy atom. The van der Waals surface area contributed by atoms with E-state index in [-0.39, 0.29) is 11.2 Å². The van der Waals surface area contributed by atoms with Gasteiger partial charge < -0.3 is 0 Å². The summed E-state index contributed by atoms with van der Waals surface area (Å²) in [6.45, 7) is 6.58. The van der Waals surface area contributed by atoms with Crippen molar-refractivity contribution in [3.05, 3.63) is 95.6 Å². The fourth-order valence-corrected chi connectivity index (χ4v) is 2.80. The van der Waals surface area contributed by atoms with Crippen LogP contribution in [0.25, 0.3) is 11.1 Å². The van der Waals surface area contributed by atoms with Gasteiger partial charge in [-0.2, -0.15) is 0 Å². The summed E-state index contributed by atoms with van der Waals surface area (Å²) in [4.78, 5) is 12.7. The summed E-state index contributed by atoms with van der Waals surface area (Å²) in [6.07, 6.45) is 0. The van der Waals surface area contributed by atoms with E-state index in [2.05, 4.69) is 56.9 Å². The van der Waals surface area contributed by atoms with Crippen molar-refractivity contribution >= 4 is 5.78 Å². The molecule has 26 heavy (non-hydrogen) atoms. The van der Waals surface area contributed by atoms with E-state index in [1.807, 2.05) is 54.6 Å². The smallest absolute Gasteiger partial charge is 0.236 e. The van der Waals surface area contributed by atoms with Crippen molar-refractivity contribution in [3.63, 3.8) is 0 Å². The minimum Gasteiger partial charge on any atom is -0.279 e. The highest BCUT2D eigenvalue weighted by molar-refractivity contribution is 6.13. The van der Waals surface area contributed by atoms with E-state index in [1.165, 1.54) is 5.56 Å². The first kappa shape index (κ1) is 17.7. The van der Waals surface area contributed by atoms with Gasteiger partial charge in [0.2, 0.25) is 5.78 Å². The van der Waals surface area contributed by atoms with Crippen LogP contribution in [0.4, 0.5) is 0 Å². The molecule has 1 nitrogen and oxygen atoms in total. The maximum atomic E-state index is 12.7. The van der Waals surface area contributed by atoms with Crippen molar-refractivity contribution < 1.29 is 4.79 Å². The molecule has 0 fully saturated rings. The van der Waals surface area contributed by atoms with Gasteiger partial charge in [-0.05, 0) is 46.2 Å². The van der Waals surface area contributed by atoms with Gasteiger partial charge in [-0.1, -0.05) is 87.4 Å². The molecule has 3 aromatic rings. The molecule has 0 aromatic heterocycles. The van der Waals surface area contributed by atoms with Gasteiger partial charge in [0.25, 0.3) is 0 Å². The first-order valence-electron chi connectivity index (χ1n) is 8.76. The van der Waals surface area contributed by atoms with Crippen LogP contribution in [0, 0.1) is 11.8 Å². The lowest BCUT2D eigenvalue weighted by molar-refractivity contribution is 0.105. The van der Waals surface area contributed by atoms with Gasteiger partial charge in [0.1, 0.15) is 0 Å². The molecule has 128 valence electrons. The largest absolute Gasteiger partial charge is 0.279 e. The first-order chi connectivity index (χ1) is 12.4. The molecule has 1 heteroatoms. The topological polar surface area (TPSA) is 17.1 Å². The Kier molecular flexibility index (Phi) is 5.05. The molecule has 0 amide bonds. The number of carbonyl (C=O) groups is 1. The van der Waals surface area contributed by atoms with Gasteiger partial charge in [-0.3, -0.25) is 4.79 Å². The molecule has 0 heterocycles. The molecule has 0 aliphatic heterocycles. The molecular weight excluding hydrogens is 316 g/mol. The highest BCUT2D eigenvalue weighted by atomic mass is 16.1. The summed E-state index contributed by atoms with van der Waals surface area (Å²) in [5.41, 5.74) is 4.81. The molecule has 0 saturated heterocycles. The van der Waals surface area contributed by atoms with Gasteiger partial charge in [0, 0.05) is 11.1 Å². The maximum absolute atomic E-state index is 12.7. The minimum absolute atomic E-state index is 0.106. The fraction of sp³-hybridized carbons (Fsp3) is 0.160. The average molecular weight is 338 g/mol. The van der Waals surface area contributed by atoms with Crippen molar-refractivity contribution in [1.29, 1.82) is 0 Å². The van der Waals surface area contributed by atoms with E-state index in [0.29, 0.717) is 5.56 Å². The Morgan fingerprint density at radius 3 is 2.04 bits per heavy atom. The summed E-state index contributed by atoms with van der Waals surface area (Å²) in [6, 6.07) is 25.6. The molecule has 0 saturated carbocycles. The van der Waals surface area contributed by atoms with Gasteiger partial charge in [0.15, 0.2) is 0 Å². The highest BCUT2D eigenvalue weighted by Crippen LogP contribution is 2.28. The zero-order valence-corrected chi connectivity index (χ0v) is 15.4. The van der Waals surface area contributed by atoms with E-state index in [4.69, 9.17) is 0 Å². The lowest BCUT2D eigenvalue weighted by Crippen LogP contribution is -2.10. The Bertz CT molecular complexity index is 962. The quantitative estimate of drug-likeness (QED) is 0.421. The number of hydrogen-bond acceptors (Lipinski definition) is 1. The molecule has 0 aliphatic carbocycles. The van der Waals surface area contributed by atoms with Crippen LogP contribution in [0.3, 0.4) is 0 Å². The second kappa shape index (κ2) is 7.42. The first-order valence-corrected chi connectivity index (χ1v) is 8.76. The third-order valence-corrected chi connectivity index (χ3v) is 4.33. The molecule has 0 unspecified atom stereocenters. The van der Waals surface area contributed by atoms with E-state index < -0.39 is 0 Å². The van der Waals surface area contributed by atoms with Gasteiger partial charge in [0.05, 0.1) is 0 Å². The van der Waals surface area contributed by atoms with Crippen LogP contribution in [-0.2, 0) is 5.41 Å². The predicted molar refractivity (Wildman–Crippen MR) is 108 cm³/mol. The van der Waals surface area contributed by atoms with E-state index in [9.17, 15) is 4.79 Å². The Morgan fingerprint density at radius 1 is 0.769 bits per heavy atom. The molecule has 0 N–H and O–H groups in total. The molecular formula is C25H22O. The summed E-state index contributed by atoms with van der Waals surface area (Å²) in [5, 5.41) is 0. The van der Waals surface area contributed by atoms with Crippen LogP contribution in [0.15, 0.2) is 78.9 Å². The monoisotopic (exact) mass is 338 g/mol. The summed E-state index contributed by atoms with van der Waals surface area (Å²) < 4.78 is 0. The normalized spacial score (nSPS) is 10.7. The lowest BCUT2D eigenvalue weighted by Gasteiger charge is -2.19. The van der Waals surface area contributed by atoms with Crippen molar-refractivity contribution in [3.8, 4) is 23.0 Å². The van der Waals surface area contributed by atoms with E-state index in [0.717, 1.165) is 16.7 Å². The van der Waals surface area contributed by atoms with Crippen molar-refractivity contribution in [2.75, 3.05) is 0 Å². The minimum atomic E-state index is -0.163. The summed E-state index contributed by atoms with van der Waals surface area (Å²) in [5.74, 6) is 5.56. The van der Waals surface area contributed by atoms with Crippen molar-refractivity contribution in [2.24, 2.45) is 0 Å². The molecule has 0 aliphatic rings. The Hall–Kier alpha value is -3.11. The third kappa shape index (κ3) is 4.10. The number of benzene rings is 3. The van der Waals surface area contributed by atoms with Crippen LogP contribution >= 0.6 is 0 Å². The number of carbonyl (C=O) groups excluding carboxylic acids is 1. The third-order valence-electron chi connectivity index (χ3n) is 4.33. The van der Waals surface area contributed by atoms with E-state index >= 15 is 0 Å². The molecule has 0 spiro atoms. The predicted octanol–water partition coefficient (Wildman–Crippen LogP) is 5.89. The molecule has 3 rings (SSSR count). The van der Waals surface area contributed by atoms with Crippen molar-refractivity contribution in [2.45, 2.75) is 26.2 Å². The molecule has 0 bridgehead atoms. The van der Waals surface area contributed by atoms with Gasteiger partial charge in [-0.15, -0.1) is 0 Å². The molecule has 0 atom stereocenters. The summed E-state index contributed by atoms with van der Waals surface area (Å²) in [7, 11) is 0. The number of rotatable bonds is 2. The highest BCUT2D eigenvalue weighted by Gasteiger charge is 2.15. The Balaban J connectivity index is 1.94. The second-order valence-corrected chi connectivity index (χ2v) is 7.32. The van der Waals surface area contributed by atoms with Gasteiger partial charge in [-0.25, -0.2) is 0 Å². The van der Waals surface area contributed by atoms with Crippen molar-refractivity contribution in [1.82, 2.24) is 0 Å². The second-order valence-electron chi connectivity index (χ2n) is 7.32. The number of hydrogen-bond donors (Lipinski definition) is 0. The standard InChI is InChI=1S/C25H22O/c1-25(2,3)21-16-14-20(15-17-21)22-11-7-8-12-23(22)24(26)18-13-19-9-5-4-6-10-19/h4-12,14-17H,1-3H3. The zero-order valence-electron chi connectivity index (χ0n) is 15.4. The summed E-state index contributed by atoms with van der Waals surface area (Å²) >= 11 is 0. The molecule has 3 aromatic carbocycles. The maximum Gasteiger partial charge on any atom is 0.236 e. The lowest BCUT2D eigenvalue weighted by atomic mass is 9.86. The fourth-order valence-electron chi connectivity index (χ4n) is 2.80. The van der Waals surface area contributed by atoms with Crippen LogP contribution in [0.2, 0.25) is 0 Å².